The summed E-state index contributed by atoms with van der Waals surface area (Å²) in [7, 11) is 0. The molecule has 3 aromatic rings. The Kier molecular flexibility index (Phi) is 3.19. The molecular formula is C14H10N6O. The van der Waals surface area contributed by atoms with Gasteiger partial charge in [-0.05, 0) is 18.2 Å². The summed E-state index contributed by atoms with van der Waals surface area (Å²) in [5, 5.41) is 13.1. The standard InChI is InChI=1S/C14H10N6O/c15-8-12-11(16)6-7-13(18-12)21-14-17-9-20(19-14)10-4-2-1-3-5-10/h1-7,9H,16H2. The summed E-state index contributed by atoms with van der Waals surface area (Å²) in [5.41, 5.74) is 6.87. The maximum Gasteiger partial charge on any atom is 0.342 e. The van der Waals surface area contributed by atoms with Crippen LogP contribution in [0.5, 0.6) is 11.9 Å². The molecule has 0 aliphatic heterocycles. The van der Waals surface area contributed by atoms with Crippen LogP contribution in [0.4, 0.5) is 5.69 Å². The molecule has 0 unspecified atom stereocenters. The number of hydrogen-bond acceptors (Lipinski definition) is 6. The van der Waals surface area contributed by atoms with E-state index in [0.29, 0.717) is 5.69 Å². The van der Waals surface area contributed by atoms with Crippen molar-refractivity contribution in [2.45, 2.75) is 0 Å². The summed E-state index contributed by atoms with van der Waals surface area (Å²) in [4.78, 5) is 8.01. The predicted octanol–water partition coefficient (Wildman–Crippen LogP) is 1.91. The first kappa shape index (κ1) is 12.6. The number of nitrogens with two attached hydrogens (primary N) is 1. The van der Waals surface area contributed by atoms with Gasteiger partial charge in [0, 0.05) is 6.07 Å². The maximum absolute atomic E-state index is 8.88. The third kappa shape index (κ3) is 2.64. The lowest BCUT2D eigenvalue weighted by molar-refractivity contribution is 0.424. The first-order chi connectivity index (χ1) is 10.3. The molecule has 0 saturated carbocycles. The van der Waals surface area contributed by atoms with Crippen molar-refractivity contribution in [1.29, 1.82) is 5.26 Å². The second-order valence-electron chi connectivity index (χ2n) is 4.11. The number of hydrogen-bond donors (Lipinski definition) is 1. The lowest BCUT2D eigenvalue weighted by atomic mass is 10.3. The van der Waals surface area contributed by atoms with Gasteiger partial charge in [0.05, 0.1) is 11.4 Å². The van der Waals surface area contributed by atoms with E-state index in [1.54, 1.807) is 16.8 Å². The van der Waals surface area contributed by atoms with Gasteiger partial charge in [0.1, 0.15) is 12.4 Å². The van der Waals surface area contributed by atoms with Crippen molar-refractivity contribution in [2.24, 2.45) is 0 Å². The third-order valence-corrected chi connectivity index (χ3v) is 2.69. The van der Waals surface area contributed by atoms with Gasteiger partial charge in [0.2, 0.25) is 5.88 Å². The molecule has 1 aromatic carbocycles. The summed E-state index contributed by atoms with van der Waals surface area (Å²) in [6.07, 6.45) is 1.53. The quantitative estimate of drug-likeness (QED) is 0.785. The molecule has 0 atom stereocenters. The van der Waals surface area contributed by atoms with Crippen LogP contribution in [0.3, 0.4) is 0 Å². The van der Waals surface area contributed by atoms with Gasteiger partial charge in [-0.25, -0.2) is 4.68 Å². The molecule has 2 N–H and O–H groups in total. The Morgan fingerprint density at radius 2 is 1.95 bits per heavy atom. The van der Waals surface area contributed by atoms with E-state index in [4.69, 9.17) is 15.7 Å². The van der Waals surface area contributed by atoms with Crippen LogP contribution in [0, 0.1) is 11.3 Å². The van der Waals surface area contributed by atoms with Crippen LogP contribution in [0.15, 0.2) is 48.8 Å². The number of benzene rings is 1. The third-order valence-electron chi connectivity index (χ3n) is 2.69. The first-order valence-electron chi connectivity index (χ1n) is 6.08. The van der Waals surface area contributed by atoms with E-state index >= 15 is 0 Å². The molecular weight excluding hydrogens is 268 g/mol. The van der Waals surface area contributed by atoms with Crippen LogP contribution in [0.1, 0.15) is 5.69 Å². The molecule has 0 spiro atoms. The lowest BCUT2D eigenvalue weighted by Crippen LogP contribution is -1.98. The molecule has 0 aliphatic rings. The zero-order valence-electron chi connectivity index (χ0n) is 10.8. The van der Waals surface area contributed by atoms with Crippen molar-refractivity contribution in [3.63, 3.8) is 0 Å². The fraction of sp³-hybridized carbons (Fsp3) is 0. The zero-order valence-corrected chi connectivity index (χ0v) is 10.8. The van der Waals surface area contributed by atoms with Crippen molar-refractivity contribution in [3.8, 4) is 23.6 Å². The topological polar surface area (TPSA) is 103 Å². The minimum Gasteiger partial charge on any atom is -0.404 e. The van der Waals surface area contributed by atoms with Gasteiger partial charge in [0.25, 0.3) is 0 Å². The summed E-state index contributed by atoms with van der Waals surface area (Å²) >= 11 is 0. The maximum atomic E-state index is 8.88. The highest BCUT2D eigenvalue weighted by atomic mass is 16.5. The second-order valence-corrected chi connectivity index (χ2v) is 4.11. The van der Waals surface area contributed by atoms with E-state index in [0.717, 1.165) is 5.69 Å². The molecule has 2 heterocycles. The number of para-hydroxylation sites is 1. The minimum atomic E-state index is 0.106. The molecule has 0 bridgehead atoms. The molecule has 102 valence electrons. The Balaban J connectivity index is 1.84. The predicted molar refractivity (Wildman–Crippen MR) is 74.8 cm³/mol. The Bertz CT molecular complexity index is 806. The molecule has 2 aromatic heterocycles. The highest BCUT2D eigenvalue weighted by Gasteiger charge is 2.08. The Morgan fingerprint density at radius 3 is 2.71 bits per heavy atom. The number of anilines is 1. The van der Waals surface area contributed by atoms with Crippen molar-refractivity contribution >= 4 is 5.69 Å². The van der Waals surface area contributed by atoms with Gasteiger partial charge >= 0.3 is 6.01 Å². The average Bonchev–Trinajstić information content (AvgIpc) is 2.98. The van der Waals surface area contributed by atoms with Crippen LogP contribution in [0.25, 0.3) is 5.69 Å². The smallest absolute Gasteiger partial charge is 0.342 e. The van der Waals surface area contributed by atoms with E-state index in [9.17, 15) is 0 Å². The van der Waals surface area contributed by atoms with Crippen LogP contribution in [-0.4, -0.2) is 19.7 Å². The van der Waals surface area contributed by atoms with Crippen LogP contribution >= 0.6 is 0 Å². The lowest BCUT2D eigenvalue weighted by Gasteiger charge is -2.02. The van der Waals surface area contributed by atoms with Gasteiger partial charge in [-0.3, -0.25) is 0 Å². The van der Waals surface area contributed by atoms with Gasteiger partial charge in [-0.2, -0.15) is 15.2 Å². The van der Waals surface area contributed by atoms with E-state index < -0.39 is 0 Å². The minimum absolute atomic E-state index is 0.106. The summed E-state index contributed by atoms with van der Waals surface area (Å²) in [6, 6.07) is 14.6. The number of ether oxygens (including phenoxy) is 1. The van der Waals surface area contributed by atoms with Crippen molar-refractivity contribution in [1.82, 2.24) is 19.7 Å². The van der Waals surface area contributed by atoms with Crippen LogP contribution in [0.2, 0.25) is 0 Å². The highest BCUT2D eigenvalue weighted by Crippen LogP contribution is 2.19. The van der Waals surface area contributed by atoms with E-state index in [1.807, 2.05) is 36.4 Å². The van der Waals surface area contributed by atoms with Gasteiger partial charge in [0.15, 0.2) is 5.69 Å². The van der Waals surface area contributed by atoms with Crippen molar-refractivity contribution in [3.05, 3.63) is 54.5 Å². The number of aromatic nitrogens is 4. The number of pyridine rings is 1. The average molecular weight is 278 g/mol. The number of nitrogen functional groups attached to an aromatic ring is 1. The molecule has 0 radical (unpaired) electrons. The Labute approximate surface area is 120 Å². The molecule has 7 nitrogen and oxygen atoms in total. The number of rotatable bonds is 3. The fourth-order valence-corrected chi connectivity index (χ4v) is 1.69. The first-order valence-corrected chi connectivity index (χ1v) is 6.08. The molecule has 21 heavy (non-hydrogen) atoms. The largest absolute Gasteiger partial charge is 0.404 e. The normalized spacial score (nSPS) is 10.0. The van der Waals surface area contributed by atoms with Gasteiger partial charge in [-0.15, -0.1) is 5.10 Å². The SMILES string of the molecule is N#Cc1nc(Oc2ncn(-c3ccccc3)n2)ccc1N. The molecule has 0 fully saturated rings. The molecule has 0 amide bonds. The Morgan fingerprint density at radius 1 is 1.14 bits per heavy atom. The van der Waals surface area contributed by atoms with E-state index in [2.05, 4.69) is 15.1 Å². The number of nitrogens with zero attached hydrogens (tertiary/aromatic N) is 5. The van der Waals surface area contributed by atoms with Crippen LogP contribution < -0.4 is 10.5 Å². The molecule has 3 rings (SSSR count). The Hall–Kier alpha value is -3.40. The van der Waals surface area contributed by atoms with Gasteiger partial charge < -0.3 is 10.5 Å². The monoisotopic (exact) mass is 278 g/mol. The van der Waals surface area contributed by atoms with Gasteiger partial charge in [-0.1, -0.05) is 18.2 Å². The summed E-state index contributed by atoms with van der Waals surface area (Å²) < 4.78 is 7.00. The summed E-state index contributed by atoms with van der Waals surface area (Å²) in [5.74, 6) is 0.214. The van der Waals surface area contributed by atoms with E-state index in [1.165, 1.54) is 6.33 Å². The molecule has 0 saturated heterocycles. The zero-order chi connectivity index (χ0) is 14.7. The van der Waals surface area contributed by atoms with Crippen LogP contribution in [-0.2, 0) is 0 Å². The molecule has 7 heteroatoms. The van der Waals surface area contributed by atoms with Crippen molar-refractivity contribution < 1.29 is 4.74 Å². The fourth-order valence-electron chi connectivity index (χ4n) is 1.69. The van der Waals surface area contributed by atoms with E-state index in [-0.39, 0.29) is 17.6 Å². The highest BCUT2D eigenvalue weighted by molar-refractivity contribution is 5.50. The second kappa shape index (κ2) is 5.30. The number of nitriles is 1. The molecule has 0 aliphatic carbocycles. The van der Waals surface area contributed by atoms with Crippen molar-refractivity contribution in [2.75, 3.05) is 5.73 Å². The summed E-state index contributed by atoms with van der Waals surface area (Å²) in [6.45, 7) is 0.